The molecule has 0 unspecified atom stereocenters. The predicted octanol–water partition coefficient (Wildman–Crippen LogP) is 1.14. The largest absolute Gasteiger partial charge is 0.336 e. The lowest BCUT2D eigenvalue weighted by Gasteiger charge is -2.39. The number of carbonyl (C=O) groups excluding carboxylic acids is 1. The highest BCUT2D eigenvalue weighted by molar-refractivity contribution is 5.93. The second-order valence-electron chi connectivity index (χ2n) is 6.71. The highest BCUT2D eigenvalue weighted by Crippen LogP contribution is 2.39. The summed E-state index contributed by atoms with van der Waals surface area (Å²) < 4.78 is 1.94. The Bertz CT molecular complexity index is 761. The maximum absolute atomic E-state index is 11.7. The third-order valence-corrected chi connectivity index (χ3v) is 4.98. The van der Waals surface area contributed by atoms with Crippen molar-refractivity contribution in [2.24, 2.45) is 0 Å². The van der Waals surface area contributed by atoms with Crippen LogP contribution in [0.5, 0.6) is 0 Å². The van der Waals surface area contributed by atoms with Gasteiger partial charge in [0.05, 0.1) is 17.9 Å². The molecule has 8 nitrogen and oxygen atoms in total. The topological polar surface area (TPSA) is 79.2 Å². The number of rotatable bonds is 4. The molecule has 3 aliphatic rings. The highest BCUT2D eigenvalue weighted by Gasteiger charge is 2.32. The van der Waals surface area contributed by atoms with E-state index in [0.717, 1.165) is 24.7 Å². The number of nitrogens with one attached hydrogen (secondary N) is 1. The van der Waals surface area contributed by atoms with E-state index in [2.05, 4.69) is 25.3 Å². The summed E-state index contributed by atoms with van der Waals surface area (Å²) in [6.45, 7) is 3.07. The van der Waals surface area contributed by atoms with E-state index < -0.39 is 0 Å². The van der Waals surface area contributed by atoms with Crippen LogP contribution in [-0.2, 0) is 0 Å². The Morgan fingerprint density at radius 1 is 1.12 bits per heavy atom. The first-order valence-corrected chi connectivity index (χ1v) is 8.44. The van der Waals surface area contributed by atoms with Crippen molar-refractivity contribution >= 4 is 17.7 Å². The molecule has 0 bridgehead atoms. The van der Waals surface area contributed by atoms with Gasteiger partial charge < -0.3 is 10.2 Å². The minimum atomic E-state index is -0.0473. The molecule has 0 atom stereocenters. The number of urea groups is 1. The molecule has 0 spiro atoms. The lowest BCUT2D eigenvalue weighted by molar-refractivity contribution is 0.252. The zero-order valence-electron chi connectivity index (χ0n) is 13.3. The molecule has 1 aliphatic carbocycles. The van der Waals surface area contributed by atoms with E-state index in [1.165, 1.54) is 18.4 Å². The van der Waals surface area contributed by atoms with Gasteiger partial charge in [0.15, 0.2) is 0 Å². The highest BCUT2D eigenvalue weighted by atomic mass is 16.2. The van der Waals surface area contributed by atoms with Gasteiger partial charge in [0.2, 0.25) is 5.95 Å². The lowest BCUT2D eigenvalue weighted by Crippen LogP contribution is -2.48. The summed E-state index contributed by atoms with van der Waals surface area (Å²) in [5.41, 5.74) is 2.12. The smallest absolute Gasteiger partial charge is 0.322 e. The molecule has 2 aromatic heterocycles. The number of anilines is 2. The van der Waals surface area contributed by atoms with Gasteiger partial charge in [-0.1, -0.05) is 0 Å². The molecule has 124 valence electrons. The summed E-state index contributed by atoms with van der Waals surface area (Å²) in [7, 11) is 0. The average molecular weight is 325 g/mol. The third kappa shape index (κ3) is 2.29. The van der Waals surface area contributed by atoms with Crippen LogP contribution in [0.1, 0.15) is 30.4 Å². The third-order valence-electron chi connectivity index (χ3n) is 4.98. The molecule has 2 aromatic rings. The van der Waals surface area contributed by atoms with Crippen LogP contribution in [0.2, 0.25) is 0 Å². The molecule has 2 amide bonds. The van der Waals surface area contributed by atoms with Crippen molar-refractivity contribution in [1.29, 1.82) is 0 Å². The average Bonchev–Trinajstić information content (AvgIpc) is 3.15. The Kier molecular flexibility index (Phi) is 2.97. The van der Waals surface area contributed by atoms with Crippen molar-refractivity contribution in [2.45, 2.75) is 24.8 Å². The van der Waals surface area contributed by atoms with E-state index in [4.69, 9.17) is 0 Å². The predicted molar refractivity (Wildman–Crippen MR) is 88.2 cm³/mol. The van der Waals surface area contributed by atoms with Crippen molar-refractivity contribution in [3.05, 3.63) is 30.4 Å². The summed E-state index contributed by atoms with van der Waals surface area (Å²) in [6.07, 6.45) is 10.2. The number of hydrogen-bond acceptors (Lipinski definition) is 5. The van der Waals surface area contributed by atoms with Crippen LogP contribution < -0.4 is 15.1 Å². The van der Waals surface area contributed by atoms with E-state index in [9.17, 15) is 4.79 Å². The molecule has 1 N–H and O–H groups in total. The minimum absolute atomic E-state index is 0.0473. The standard InChI is InChI=1S/C16H19N7O/c24-16-17-3-4-22(16)13-7-20-23(10-13)14-8-21(9-14)15-18-5-12(6-19-15)11-1-2-11/h5-7,10-11,14H,1-4,8-9H2,(H,17,24). The van der Waals surface area contributed by atoms with Gasteiger partial charge in [0, 0.05) is 44.8 Å². The van der Waals surface area contributed by atoms with E-state index in [1.54, 1.807) is 11.1 Å². The number of aromatic nitrogens is 4. The van der Waals surface area contributed by atoms with E-state index in [-0.39, 0.29) is 6.03 Å². The molecule has 1 saturated carbocycles. The van der Waals surface area contributed by atoms with Gasteiger partial charge >= 0.3 is 6.03 Å². The number of nitrogens with zero attached hydrogens (tertiary/aromatic N) is 6. The van der Waals surface area contributed by atoms with Crippen LogP contribution in [0.25, 0.3) is 0 Å². The second-order valence-corrected chi connectivity index (χ2v) is 6.71. The van der Waals surface area contributed by atoms with Crippen molar-refractivity contribution in [3.63, 3.8) is 0 Å². The maximum atomic E-state index is 11.7. The fourth-order valence-corrected chi connectivity index (χ4v) is 3.29. The van der Waals surface area contributed by atoms with Crippen LogP contribution in [-0.4, -0.2) is 52.0 Å². The van der Waals surface area contributed by atoms with Crippen molar-refractivity contribution in [2.75, 3.05) is 36.0 Å². The zero-order valence-corrected chi connectivity index (χ0v) is 13.3. The Balaban J connectivity index is 1.23. The molecular weight excluding hydrogens is 306 g/mol. The van der Waals surface area contributed by atoms with Crippen molar-refractivity contribution in [3.8, 4) is 0 Å². The van der Waals surface area contributed by atoms with Crippen LogP contribution in [0, 0.1) is 0 Å². The molecule has 24 heavy (non-hydrogen) atoms. The van der Waals surface area contributed by atoms with Gasteiger partial charge in [0.25, 0.3) is 0 Å². The Hall–Kier alpha value is -2.64. The quantitative estimate of drug-likeness (QED) is 0.912. The first-order chi connectivity index (χ1) is 11.8. The first kappa shape index (κ1) is 13.8. The summed E-state index contributed by atoms with van der Waals surface area (Å²) in [5.74, 6) is 1.48. The van der Waals surface area contributed by atoms with Crippen LogP contribution in [0.15, 0.2) is 24.8 Å². The molecule has 0 aromatic carbocycles. The lowest BCUT2D eigenvalue weighted by atomic mass is 10.1. The van der Waals surface area contributed by atoms with E-state index in [1.807, 2.05) is 23.3 Å². The van der Waals surface area contributed by atoms with Gasteiger partial charge in [-0.25, -0.2) is 14.8 Å². The molecule has 4 heterocycles. The molecular formula is C16H19N7O. The maximum Gasteiger partial charge on any atom is 0.322 e. The van der Waals surface area contributed by atoms with Crippen molar-refractivity contribution < 1.29 is 4.79 Å². The van der Waals surface area contributed by atoms with E-state index >= 15 is 0 Å². The molecule has 5 rings (SSSR count). The fourth-order valence-electron chi connectivity index (χ4n) is 3.29. The van der Waals surface area contributed by atoms with Gasteiger partial charge in [-0.2, -0.15) is 5.10 Å². The molecule has 2 saturated heterocycles. The Labute approximate surface area is 139 Å². The van der Waals surface area contributed by atoms with Crippen LogP contribution in [0.4, 0.5) is 16.4 Å². The minimum Gasteiger partial charge on any atom is -0.336 e. The Morgan fingerprint density at radius 3 is 2.58 bits per heavy atom. The molecule has 8 heteroatoms. The normalized spacial score (nSPS) is 21.1. The summed E-state index contributed by atoms with van der Waals surface area (Å²) in [6, 6.07) is 0.255. The molecule has 2 aliphatic heterocycles. The summed E-state index contributed by atoms with van der Waals surface area (Å²) >= 11 is 0. The number of carbonyl (C=O) groups is 1. The Morgan fingerprint density at radius 2 is 1.92 bits per heavy atom. The van der Waals surface area contributed by atoms with Gasteiger partial charge in [-0.15, -0.1) is 0 Å². The monoisotopic (exact) mass is 325 g/mol. The van der Waals surface area contributed by atoms with E-state index in [0.29, 0.717) is 25.0 Å². The SMILES string of the molecule is O=C1NCCN1c1cnn(C2CN(c3ncc(C4CC4)cn3)C2)c1. The number of amides is 2. The zero-order chi connectivity index (χ0) is 16.1. The van der Waals surface area contributed by atoms with Crippen LogP contribution in [0.3, 0.4) is 0 Å². The summed E-state index contributed by atoms with van der Waals surface area (Å²) in [4.78, 5) is 24.6. The molecule has 3 fully saturated rings. The van der Waals surface area contributed by atoms with Crippen molar-refractivity contribution in [1.82, 2.24) is 25.1 Å². The first-order valence-electron chi connectivity index (χ1n) is 8.44. The van der Waals surface area contributed by atoms with Gasteiger partial charge in [-0.05, 0) is 24.3 Å². The van der Waals surface area contributed by atoms with Gasteiger partial charge in [0.1, 0.15) is 0 Å². The second kappa shape index (κ2) is 5.19. The van der Waals surface area contributed by atoms with Crippen LogP contribution >= 0.6 is 0 Å². The molecule has 0 radical (unpaired) electrons. The number of hydrogen-bond donors (Lipinski definition) is 1. The summed E-state index contributed by atoms with van der Waals surface area (Å²) in [5, 5.41) is 7.22. The van der Waals surface area contributed by atoms with Gasteiger partial charge in [-0.3, -0.25) is 9.58 Å². The fraction of sp³-hybridized carbons (Fsp3) is 0.500.